The molecular formula is C11H20N2O6S. The predicted octanol–water partition coefficient (Wildman–Crippen LogP) is -0.335. The molecule has 1 aliphatic rings. The second-order valence-corrected chi connectivity index (χ2v) is 6.48. The Morgan fingerprint density at radius 3 is 2.65 bits per heavy atom. The number of carbonyl (C=O) groups excluding carboxylic acids is 1. The Morgan fingerprint density at radius 2 is 2.10 bits per heavy atom. The predicted molar refractivity (Wildman–Crippen MR) is 70.2 cm³/mol. The van der Waals surface area contributed by atoms with Crippen LogP contribution in [0.15, 0.2) is 0 Å². The van der Waals surface area contributed by atoms with Gasteiger partial charge >= 0.3 is 11.9 Å². The van der Waals surface area contributed by atoms with Gasteiger partial charge < -0.3 is 9.84 Å². The van der Waals surface area contributed by atoms with Crippen molar-refractivity contribution in [2.75, 3.05) is 26.7 Å². The summed E-state index contributed by atoms with van der Waals surface area (Å²) in [6.45, 7) is 1.95. The lowest BCUT2D eigenvalue weighted by Crippen LogP contribution is -2.48. The number of carbonyl (C=O) groups is 2. The molecule has 9 heteroatoms. The number of nitrogens with zero attached hydrogens (tertiary/aromatic N) is 2. The average molecular weight is 308 g/mol. The van der Waals surface area contributed by atoms with Crippen LogP contribution in [0, 0.1) is 0 Å². The molecule has 1 unspecified atom stereocenters. The zero-order chi connectivity index (χ0) is 15.3. The van der Waals surface area contributed by atoms with Gasteiger partial charge in [0.15, 0.2) is 0 Å². The fourth-order valence-electron chi connectivity index (χ4n) is 2.04. The van der Waals surface area contributed by atoms with Crippen LogP contribution in [0.25, 0.3) is 0 Å². The van der Waals surface area contributed by atoms with Gasteiger partial charge in [0.05, 0.1) is 13.0 Å². The summed E-state index contributed by atoms with van der Waals surface area (Å²) >= 11 is 0. The maximum Gasteiger partial charge on any atom is 0.324 e. The van der Waals surface area contributed by atoms with Crippen LogP contribution in [-0.4, -0.2) is 66.9 Å². The SMILES string of the molecule is CCOC(=O)C1CCCN1S(=O)(=O)N(C)CCC(=O)O. The number of carboxylic acids is 1. The molecule has 0 saturated carbocycles. The Balaban J connectivity index is 2.79. The lowest BCUT2D eigenvalue weighted by Gasteiger charge is -2.27. The van der Waals surface area contributed by atoms with Crippen LogP contribution in [0.3, 0.4) is 0 Å². The number of esters is 1. The highest BCUT2D eigenvalue weighted by Gasteiger charge is 2.41. The minimum Gasteiger partial charge on any atom is -0.481 e. The van der Waals surface area contributed by atoms with E-state index in [1.165, 1.54) is 7.05 Å². The molecule has 1 rings (SSSR count). The third kappa shape index (κ3) is 3.90. The highest BCUT2D eigenvalue weighted by Crippen LogP contribution is 2.23. The van der Waals surface area contributed by atoms with Gasteiger partial charge in [0.1, 0.15) is 6.04 Å². The number of rotatable bonds is 7. The molecule has 1 saturated heterocycles. The van der Waals surface area contributed by atoms with Crippen LogP contribution >= 0.6 is 0 Å². The first-order valence-corrected chi connectivity index (χ1v) is 7.82. The summed E-state index contributed by atoms with van der Waals surface area (Å²) in [6.07, 6.45) is 0.716. The van der Waals surface area contributed by atoms with Crippen molar-refractivity contribution < 1.29 is 27.9 Å². The lowest BCUT2D eigenvalue weighted by molar-refractivity contribution is -0.147. The Labute approximate surface area is 118 Å². The van der Waals surface area contributed by atoms with E-state index in [2.05, 4.69) is 0 Å². The highest BCUT2D eigenvalue weighted by atomic mass is 32.2. The van der Waals surface area contributed by atoms with Gasteiger partial charge in [-0.05, 0) is 19.8 Å². The Bertz CT molecular complexity index is 464. The monoisotopic (exact) mass is 308 g/mol. The van der Waals surface area contributed by atoms with Gasteiger partial charge in [-0.25, -0.2) is 0 Å². The standard InChI is InChI=1S/C11H20N2O6S/c1-3-19-11(16)9-5-4-7-13(9)20(17,18)12(2)8-6-10(14)15/h9H,3-8H2,1-2H3,(H,14,15). The number of carboxylic acid groups (broad SMARTS) is 1. The summed E-state index contributed by atoms with van der Waals surface area (Å²) < 4.78 is 31.5. The van der Waals surface area contributed by atoms with E-state index in [-0.39, 0.29) is 26.1 Å². The molecule has 1 N–H and O–H groups in total. The molecule has 0 bridgehead atoms. The summed E-state index contributed by atoms with van der Waals surface area (Å²) in [4.78, 5) is 22.3. The molecule has 0 aromatic rings. The van der Waals surface area contributed by atoms with Gasteiger partial charge in [0.25, 0.3) is 10.2 Å². The van der Waals surface area contributed by atoms with Gasteiger partial charge in [0.2, 0.25) is 0 Å². The second-order valence-electron chi connectivity index (χ2n) is 4.49. The molecule has 0 radical (unpaired) electrons. The van der Waals surface area contributed by atoms with Crippen LogP contribution in [0.4, 0.5) is 0 Å². The van der Waals surface area contributed by atoms with Crippen LogP contribution in [-0.2, 0) is 24.5 Å². The Morgan fingerprint density at radius 1 is 1.45 bits per heavy atom. The molecule has 1 fully saturated rings. The van der Waals surface area contributed by atoms with Gasteiger partial charge in [0, 0.05) is 20.1 Å². The Kier molecular flexibility index (Phi) is 5.90. The summed E-state index contributed by atoms with van der Waals surface area (Å²) in [5.74, 6) is -1.63. The molecule has 1 heterocycles. The first-order chi connectivity index (χ1) is 9.30. The molecule has 1 aliphatic heterocycles. The van der Waals surface area contributed by atoms with E-state index >= 15 is 0 Å². The largest absolute Gasteiger partial charge is 0.481 e. The number of ether oxygens (including phenoxy) is 1. The molecule has 0 aromatic carbocycles. The van der Waals surface area contributed by atoms with E-state index in [9.17, 15) is 18.0 Å². The van der Waals surface area contributed by atoms with E-state index in [0.29, 0.717) is 12.8 Å². The number of hydrogen-bond donors (Lipinski definition) is 1. The molecule has 0 aliphatic carbocycles. The topological polar surface area (TPSA) is 104 Å². The molecule has 8 nitrogen and oxygen atoms in total. The molecule has 0 spiro atoms. The number of hydrogen-bond acceptors (Lipinski definition) is 5. The quantitative estimate of drug-likeness (QED) is 0.646. The smallest absolute Gasteiger partial charge is 0.324 e. The summed E-state index contributed by atoms with van der Waals surface area (Å²) in [5.41, 5.74) is 0. The van der Waals surface area contributed by atoms with Gasteiger partial charge in [-0.15, -0.1) is 0 Å². The van der Waals surface area contributed by atoms with Gasteiger partial charge in [-0.3, -0.25) is 9.59 Å². The minimum atomic E-state index is -3.84. The van der Waals surface area contributed by atoms with E-state index in [1.807, 2.05) is 0 Å². The molecule has 0 amide bonds. The minimum absolute atomic E-state index is 0.135. The van der Waals surface area contributed by atoms with Gasteiger partial charge in [-0.1, -0.05) is 0 Å². The fraction of sp³-hybridized carbons (Fsp3) is 0.818. The molecular weight excluding hydrogens is 288 g/mol. The maximum absolute atomic E-state index is 12.3. The molecule has 20 heavy (non-hydrogen) atoms. The van der Waals surface area contributed by atoms with Crippen molar-refractivity contribution in [3.63, 3.8) is 0 Å². The summed E-state index contributed by atoms with van der Waals surface area (Å²) in [6, 6.07) is -0.813. The lowest BCUT2D eigenvalue weighted by atomic mass is 10.2. The van der Waals surface area contributed by atoms with E-state index in [0.717, 1.165) is 8.61 Å². The summed E-state index contributed by atoms with van der Waals surface area (Å²) in [5, 5.41) is 8.59. The third-order valence-electron chi connectivity index (χ3n) is 3.09. The van der Waals surface area contributed by atoms with Crippen molar-refractivity contribution in [3.8, 4) is 0 Å². The second kappa shape index (κ2) is 7.00. The first kappa shape index (κ1) is 16.9. The number of aliphatic carboxylic acids is 1. The van der Waals surface area contributed by atoms with Gasteiger partial charge in [-0.2, -0.15) is 17.0 Å². The molecule has 1 atom stereocenters. The average Bonchev–Trinajstić information content (AvgIpc) is 2.85. The normalized spacial score (nSPS) is 20.2. The zero-order valence-electron chi connectivity index (χ0n) is 11.6. The zero-order valence-corrected chi connectivity index (χ0v) is 12.4. The van der Waals surface area contributed by atoms with E-state index in [1.54, 1.807) is 6.92 Å². The van der Waals surface area contributed by atoms with Crippen molar-refractivity contribution in [2.24, 2.45) is 0 Å². The van der Waals surface area contributed by atoms with Crippen LogP contribution < -0.4 is 0 Å². The molecule has 0 aromatic heterocycles. The van der Waals surface area contributed by atoms with Crippen LogP contribution in [0.1, 0.15) is 26.2 Å². The first-order valence-electron chi connectivity index (χ1n) is 6.42. The van der Waals surface area contributed by atoms with E-state index < -0.39 is 28.2 Å². The van der Waals surface area contributed by atoms with Crippen molar-refractivity contribution in [1.82, 2.24) is 8.61 Å². The van der Waals surface area contributed by atoms with Crippen LogP contribution in [0.5, 0.6) is 0 Å². The fourth-order valence-corrected chi connectivity index (χ4v) is 3.59. The Hall–Kier alpha value is -1.19. The molecule has 116 valence electrons. The van der Waals surface area contributed by atoms with Crippen molar-refractivity contribution in [3.05, 3.63) is 0 Å². The summed E-state index contributed by atoms with van der Waals surface area (Å²) in [7, 11) is -2.54. The van der Waals surface area contributed by atoms with E-state index in [4.69, 9.17) is 9.84 Å². The van der Waals surface area contributed by atoms with Crippen LogP contribution in [0.2, 0.25) is 0 Å². The third-order valence-corrected chi connectivity index (χ3v) is 5.09. The maximum atomic E-state index is 12.3. The van der Waals surface area contributed by atoms with Crippen molar-refractivity contribution in [2.45, 2.75) is 32.2 Å². The van der Waals surface area contributed by atoms with Crippen molar-refractivity contribution in [1.29, 1.82) is 0 Å². The highest BCUT2D eigenvalue weighted by molar-refractivity contribution is 7.86. The van der Waals surface area contributed by atoms with Crippen molar-refractivity contribution >= 4 is 22.1 Å².